The third-order valence-electron chi connectivity index (χ3n) is 4.81. The number of nitrogens with zero attached hydrogens (tertiary/aromatic N) is 1. The zero-order chi connectivity index (χ0) is 22.9. The van der Waals surface area contributed by atoms with E-state index < -0.39 is 4.92 Å². The van der Waals surface area contributed by atoms with Crippen molar-refractivity contribution in [1.29, 1.82) is 0 Å². The standard InChI is InChI=1S/C24H24N2O6/c1-30-22-14-18(21(26(28)29)15-23(22)31-2)11-12-25-24(27)19-9-6-10-20(13-19)32-16-17-7-4-3-5-8-17/h3-10,13-15H,11-12,16H2,1-2H3,(H,25,27). The molecule has 0 aromatic heterocycles. The molecule has 1 N–H and O–H groups in total. The van der Waals surface area contributed by atoms with E-state index in [4.69, 9.17) is 14.2 Å². The number of benzene rings is 3. The number of carbonyl (C=O) groups is 1. The third kappa shape index (κ3) is 5.75. The smallest absolute Gasteiger partial charge is 0.276 e. The van der Waals surface area contributed by atoms with E-state index in [-0.39, 0.29) is 30.3 Å². The highest BCUT2D eigenvalue weighted by Gasteiger charge is 2.19. The summed E-state index contributed by atoms with van der Waals surface area (Å²) in [6.07, 6.45) is 0.257. The maximum Gasteiger partial charge on any atom is 0.276 e. The monoisotopic (exact) mass is 436 g/mol. The Kier molecular flexibility index (Phi) is 7.64. The largest absolute Gasteiger partial charge is 0.493 e. The molecule has 0 atom stereocenters. The van der Waals surface area contributed by atoms with Gasteiger partial charge in [0, 0.05) is 17.7 Å². The summed E-state index contributed by atoms with van der Waals surface area (Å²) in [7, 11) is 2.88. The van der Waals surface area contributed by atoms with Gasteiger partial charge in [0.2, 0.25) is 0 Å². The van der Waals surface area contributed by atoms with Crippen LogP contribution in [0, 0.1) is 10.1 Å². The maximum absolute atomic E-state index is 12.6. The topological polar surface area (TPSA) is 99.9 Å². The van der Waals surface area contributed by atoms with Gasteiger partial charge in [0.05, 0.1) is 25.2 Å². The molecule has 0 bridgehead atoms. The molecule has 0 saturated heterocycles. The summed E-state index contributed by atoms with van der Waals surface area (Å²) in [5, 5.41) is 14.2. The van der Waals surface area contributed by atoms with Crippen molar-refractivity contribution < 1.29 is 23.9 Å². The molecular weight excluding hydrogens is 412 g/mol. The number of hydrogen-bond donors (Lipinski definition) is 1. The summed E-state index contributed by atoms with van der Waals surface area (Å²) in [5.74, 6) is 0.956. The van der Waals surface area contributed by atoms with Gasteiger partial charge in [-0.1, -0.05) is 36.4 Å². The summed E-state index contributed by atoms with van der Waals surface area (Å²) in [4.78, 5) is 23.5. The highest BCUT2D eigenvalue weighted by atomic mass is 16.6. The summed E-state index contributed by atoms with van der Waals surface area (Å²) < 4.78 is 16.1. The summed E-state index contributed by atoms with van der Waals surface area (Å²) >= 11 is 0. The molecule has 0 heterocycles. The van der Waals surface area contributed by atoms with Gasteiger partial charge < -0.3 is 19.5 Å². The van der Waals surface area contributed by atoms with Crippen molar-refractivity contribution in [2.75, 3.05) is 20.8 Å². The van der Waals surface area contributed by atoms with Crippen LogP contribution in [0.3, 0.4) is 0 Å². The van der Waals surface area contributed by atoms with Crippen molar-refractivity contribution in [2.45, 2.75) is 13.0 Å². The number of hydrogen-bond acceptors (Lipinski definition) is 6. The summed E-state index contributed by atoms with van der Waals surface area (Å²) in [6, 6.07) is 19.5. The summed E-state index contributed by atoms with van der Waals surface area (Å²) in [5.41, 5.74) is 1.82. The van der Waals surface area contributed by atoms with Gasteiger partial charge in [0.15, 0.2) is 11.5 Å². The first-order valence-electron chi connectivity index (χ1n) is 9.96. The minimum Gasteiger partial charge on any atom is -0.493 e. The predicted octanol–water partition coefficient (Wildman–Crippen LogP) is 4.16. The van der Waals surface area contributed by atoms with E-state index in [2.05, 4.69) is 5.32 Å². The molecule has 0 saturated carbocycles. The van der Waals surface area contributed by atoms with Gasteiger partial charge in [-0.2, -0.15) is 0 Å². The van der Waals surface area contributed by atoms with Crippen molar-refractivity contribution in [3.05, 3.63) is 93.5 Å². The van der Waals surface area contributed by atoms with E-state index in [1.807, 2.05) is 30.3 Å². The van der Waals surface area contributed by atoms with E-state index in [0.29, 0.717) is 29.2 Å². The highest BCUT2D eigenvalue weighted by Crippen LogP contribution is 2.34. The second-order valence-electron chi connectivity index (χ2n) is 6.90. The van der Waals surface area contributed by atoms with E-state index in [9.17, 15) is 14.9 Å². The average molecular weight is 436 g/mol. The molecule has 0 spiro atoms. The van der Waals surface area contributed by atoms with Gasteiger partial charge in [-0.15, -0.1) is 0 Å². The lowest BCUT2D eigenvalue weighted by Gasteiger charge is -2.11. The molecule has 0 aliphatic heterocycles. The number of rotatable bonds is 10. The number of nitro groups is 1. The highest BCUT2D eigenvalue weighted by molar-refractivity contribution is 5.94. The van der Waals surface area contributed by atoms with Crippen LogP contribution < -0.4 is 19.5 Å². The van der Waals surface area contributed by atoms with Gasteiger partial charge in [0.1, 0.15) is 12.4 Å². The molecule has 3 aromatic carbocycles. The van der Waals surface area contributed by atoms with Crippen LogP contribution in [0.5, 0.6) is 17.2 Å². The Morgan fingerprint density at radius 3 is 2.38 bits per heavy atom. The van der Waals surface area contributed by atoms with Crippen molar-refractivity contribution in [2.24, 2.45) is 0 Å². The second-order valence-corrected chi connectivity index (χ2v) is 6.90. The lowest BCUT2D eigenvalue weighted by molar-refractivity contribution is -0.385. The molecule has 0 aliphatic rings. The van der Waals surface area contributed by atoms with E-state index in [0.717, 1.165) is 5.56 Å². The minimum atomic E-state index is -0.480. The van der Waals surface area contributed by atoms with Gasteiger partial charge in [-0.3, -0.25) is 14.9 Å². The molecule has 166 valence electrons. The molecule has 1 amide bonds. The fourth-order valence-electron chi connectivity index (χ4n) is 3.16. The molecule has 0 unspecified atom stereocenters. The Hall–Kier alpha value is -4.07. The molecule has 8 heteroatoms. The van der Waals surface area contributed by atoms with Crippen LogP contribution in [0.15, 0.2) is 66.7 Å². The fraction of sp³-hybridized carbons (Fsp3) is 0.208. The number of amides is 1. The van der Waals surface area contributed by atoms with Crippen LogP contribution in [-0.4, -0.2) is 31.6 Å². The summed E-state index contributed by atoms with van der Waals surface area (Å²) in [6.45, 7) is 0.610. The Balaban J connectivity index is 1.62. The van der Waals surface area contributed by atoms with Crippen LogP contribution in [0.2, 0.25) is 0 Å². The molecule has 3 aromatic rings. The molecule has 32 heavy (non-hydrogen) atoms. The van der Waals surface area contributed by atoms with Gasteiger partial charge >= 0.3 is 0 Å². The Morgan fingerprint density at radius 2 is 1.69 bits per heavy atom. The van der Waals surface area contributed by atoms with Crippen LogP contribution >= 0.6 is 0 Å². The predicted molar refractivity (Wildman–Crippen MR) is 119 cm³/mol. The van der Waals surface area contributed by atoms with Crippen molar-refractivity contribution in [3.63, 3.8) is 0 Å². The van der Waals surface area contributed by atoms with Crippen LogP contribution in [0.4, 0.5) is 5.69 Å². The Morgan fingerprint density at radius 1 is 0.969 bits per heavy atom. The van der Waals surface area contributed by atoms with Crippen molar-refractivity contribution in [1.82, 2.24) is 5.32 Å². The van der Waals surface area contributed by atoms with E-state index in [1.165, 1.54) is 20.3 Å². The lowest BCUT2D eigenvalue weighted by Crippen LogP contribution is -2.25. The van der Waals surface area contributed by atoms with E-state index >= 15 is 0 Å². The normalized spacial score (nSPS) is 10.3. The van der Waals surface area contributed by atoms with Crippen molar-refractivity contribution >= 4 is 11.6 Å². The fourth-order valence-corrected chi connectivity index (χ4v) is 3.16. The molecule has 8 nitrogen and oxygen atoms in total. The Bertz CT molecular complexity index is 1090. The maximum atomic E-state index is 12.6. The quantitative estimate of drug-likeness (QED) is 0.378. The van der Waals surface area contributed by atoms with Crippen LogP contribution in [-0.2, 0) is 13.0 Å². The van der Waals surface area contributed by atoms with Gasteiger partial charge in [-0.25, -0.2) is 0 Å². The SMILES string of the molecule is COc1cc(CCNC(=O)c2cccc(OCc3ccccc3)c2)c([N+](=O)[O-])cc1OC. The molecule has 0 radical (unpaired) electrons. The number of carbonyl (C=O) groups excluding carboxylic acids is 1. The molecular formula is C24H24N2O6. The van der Waals surface area contributed by atoms with E-state index in [1.54, 1.807) is 30.3 Å². The Labute approximate surface area is 185 Å². The first-order valence-corrected chi connectivity index (χ1v) is 9.96. The third-order valence-corrected chi connectivity index (χ3v) is 4.81. The van der Waals surface area contributed by atoms with Gasteiger partial charge in [-0.05, 0) is 36.2 Å². The number of methoxy groups -OCH3 is 2. The second kappa shape index (κ2) is 10.8. The number of nitro benzene ring substituents is 1. The minimum absolute atomic E-state index is 0.0896. The lowest BCUT2D eigenvalue weighted by atomic mass is 10.1. The zero-order valence-electron chi connectivity index (χ0n) is 17.9. The molecule has 0 aliphatic carbocycles. The zero-order valence-corrected chi connectivity index (χ0v) is 17.9. The first kappa shape index (κ1) is 22.6. The van der Waals surface area contributed by atoms with Crippen LogP contribution in [0.25, 0.3) is 0 Å². The first-order chi connectivity index (χ1) is 15.5. The van der Waals surface area contributed by atoms with Crippen molar-refractivity contribution in [3.8, 4) is 17.2 Å². The van der Waals surface area contributed by atoms with Crippen LogP contribution in [0.1, 0.15) is 21.5 Å². The average Bonchev–Trinajstić information content (AvgIpc) is 2.83. The number of ether oxygens (including phenoxy) is 3. The number of nitrogens with one attached hydrogen (secondary N) is 1. The molecule has 0 fully saturated rings. The van der Waals surface area contributed by atoms with Gasteiger partial charge in [0.25, 0.3) is 11.6 Å². The molecule has 3 rings (SSSR count).